The minimum Gasteiger partial charge on any atom is -0.618 e. The van der Waals surface area contributed by atoms with Crippen LogP contribution in [0, 0.1) is 5.21 Å². The highest BCUT2D eigenvalue weighted by atomic mass is 16.5. The summed E-state index contributed by atoms with van der Waals surface area (Å²) in [5.41, 5.74) is 2.45. The maximum Gasteiger partial charge on any atom is 0.317 e. The average molecular weight is 339 g/mol. The van der Waals surface area contributed by atoms with Crippen molar-refractivity contribution >= 4 is 5.91 Å². The number of rotatable bonds is 5. The maximum atomic E-state index is 12.2. The number of hydrogen-bond donors (Lipinski definition) is 1. The second-order valence-electron chi connectivity index (χ2n) is 6.68. The lowest BCUT2D eigenvalue weighted by Crippen LogP contribution is -2.39. The van der Waals surface area contributed by atoms with Crippen molar-refractivity contribution in [1.82, 2.24) is 10.2 Å². The zero-order chi connectivity index (χ0) is 17.6. The van der Waals surface area contributed by atoms with Crippen LogP contribution in [-0.4, -0.2) is 23.4 Å². The summed E-state index contributed by atoms with van der Waals surface area (Å²) >= 11 is 0. The van der Waals surface area contributed by atoms with Crippen molar-refractivity contribution in [3.63, 3.8) is 0 Å². The Morgan fingerprint density at radius 2 is 1.96 bits per heavy atom. The second-order valence-corrected chi connectivity index (χ2v) is 6.68. The van der Waals surface area contributed by atoms with Crippen molar-refractivity contribution in [1.29, 1.82) is 0 Å². The number of pyridine rings is 1. The van der Waals surface area contributed by atoms with Gasteiger partial charge in [-0.2, -0.15) is 4.73 Å². The third kappa shape index (κ3) is 4.37. The first kappa shape index (κ1) is 17.4. The molecule has 1 aromatic carbocycles. The lowest BCUT2D eigenvalue weighted by Gasteiger charge is -2.33. The van der Waals surface area contributed by atoms with Crippen molar-refractivity contribution < 1.29 is 9.52 Å². The topological polar surface area (TPSA) is 59.3 Å². The Balaban J connectivity index is 1.67. The zero-order valence-electron chi connectivity index (χ0n) is 14.6. The van der Waals surface area contributed by atoms with E-state index < -0.39 is 0 Å². The third-order valence-corrected chi connectivity index (χ3v) is 4.93. The lowest BCUT2D eigenvalue weighted by molar-refractivity contribution is -0.607. The Kier molecular flexibility index (Phi) is 5.66. The van der Waals surface area contributed by atoms with Crippen LogP contribution in [0.3, 0.4) is 0 Å². The van der Waals surface area contributed by atoms with E-state index in [0.717, 1.165) is 18.7 Å². The lowest BCUT2D eigenvalue weighted by atomic mass is 10.0. The van der Waals surface area contributed by atoms with Gasteiger partial charge in [0, 0.05) is 31.3 Å². The first-order valence-electron chi connectivity index (χ1n) is 8.92. The fourth-order valence-electron chi connectivity index (χ4n) is 3.37. The molecule has 1 aromatic heterocycles. The fraction of sp³-hybridized carbons (Fsp3) is 0.400. The molecule has 0 radical (unpaired) electrons. The van der Waals surface area contributed by atoms with E-state index in [9.17, 15) is 10.0 Å². The quantitative estimate of drug-likeness (QED) is 0.673. The van der Waals surface area contributed by atoms with E-state index in [-0.39, 0.29) is 11.6 Å². The summed E-state index contributed by atoms with van der Waals surface area (Å²) in [7, 11) is 0. The molecule has 1 N–H and O–H groups in total. The summed E-state index contributed by atoms with van der Waals surface area (Å²) < 4.78 is 0.594. The van der Waals surface area contributed by atoms with Gasteiger partial charge in [0.15, 0.2) is 6.20 Å². The molecule has 0 bridgehead atoms. The molecule has 0 spiro atoms. The smallest absolute Gasteiger partial charge is 0.317 e. The van der Waals surface area contributed by atoms with E-state index in [2.05, 4.69) is 23.2 Å². The molecule has 3 rings (SSSR count). The predicted molar refractivity (Wildman–Crippen MR) is 96.7 cm³/mol. The normalized spacial score (nSPS) is 18.0. The van der Waals surface area contributed by atoms with Gasteiger partial charge in [0.25, 0.3) is 5.69 Å². The molecule has 0 saturated carbocycles. The first-order chi connectivity index (χ1) is 12.1. The highest BCUT2D eigenvalue weighted by Crippen LogP contribution is 2.20. The maximum absolute atomic E-state index is 12.2. The van der Waals surface area contributed by atoms with Crippen molar-refractivity contribution in [3.8, 4) is 0 Å². The number of carbonyl (C=O) groups is 1. The van der Waals surface area contributed by atoms with Gasteiger partial charge in [0.05, 0.1) is 0 Å². The number of benzene rings is 1. The van der Waals surface area contributed by atoms with Gasteiger partial charge in [-0.3, -0.25) is 9.69 Å². The molecule has 1 aliphatic rings. The number of nitrogens with zero attached hydrogens (tertiary/aromatic N) is 2. The van der Waals surface area contributed by atoms with Crippen LogP contribution >= 0.6 is 0 Å². The van der Waals surface area contributed by atoms with Gasteiger partial charge in [-0.05, 0) is 43.5 Å². The van der Waals surface area contributed by atoms with Crippen molar-refractivity contribution in [2.75, 3.05) is 6.54 Å². The van der Waals surface area contributed by atoms with Gasteiger partial charge in [-0.25, -0.2) is 0 Å². The Hall–Kier alpha value is -2.40. The van der Waals surface area contributed by atoms with Crippen LogP contribution in [0.2, 0.25) is 0 Å². The van der Waals surface area contributed by atoms with Gasteiger partial charge in [-0.1, -0.05) is 30.7 Å². The van der Waals surface area contributed by atoms with Crippen LogP contribution in [0.15, 0.2) is 48.7 Å². The van der Waals surface area contributed by atoms with Crippen LogP contribution in [0.4, 0.5) is 0 Å². The number of aromatic nitrogens is 1. The number of likely N-dealkylation sites (tertiary alicyclic amines) is 1. The largest absolute Gasteiger partial charge is 0.618 e. The average Bonchev–Trinajstić information content (AvgIpc) is 2.63. The van der Waals surface area contributed by atoms with Crippen LogP contribution in [0.25, 0.3) is 0 Å². The summed E-state index contributed by atoms with van der Waals surface area (Å²) in [5, 5.41) is 14.6. The monoisotopic (exact) mass is 339 g/mol. The molecule has 5 nitrogen and oxygen atoms in total. The molecular formula is C20H25N3O2. The number of amides is 1. The van der Waals surface area contributed by atoms with Gasteiger partial charge in [-0.15, -0.1) is 0 Å². The highest BCUT2D eigenvalue weighted by molar-refractivity contribution is 5.90. The summed E-state index contributed by atoms with van der Waals surface area (Å²) in [6.45, 7) is 4.74. The van der Waals surface area contributed by atoms with Gasteiger partial charge < -0.3 is 10.5 Å². The van der Waals surface area contributed by atoms with E-state index in [4.69, 9.17) is 0 Å². The Morgan fingerprint density at radius 1 is 1.20 bits per heavy atom. The number of carbonyl (C=O) groups excluding carboxylic acids is 1. The molecule has 1 aliphatic heterocycles. The number of hydrogen-bond acceptors (Lipinski definition) is 3. The third-order valence-electron chi connectivity index (χ3n) is 4.93. The molecule has 1 atom stereocenters. The van der Waals surface area contributed by atoms with Crippen LogP contribution < -0.4 is 10.0 Å². The van der Waals surface area contributed by atoms with E-state index >= 15 is 0 Å². The van der Waals surface area contributed by atoms with Crippen molar-refractivity contribution in [3.05, 3.63) is 70.7 Å². The number of nitrogens with one attached hydrogen (secondary N) is 1. The van der Waals surface area contributed by atoms with Gasteiger partial charge in [0.2, 0.25) is 0 Å². The Bertz CT molecular complexity index is 732. The molecule has 132 valence electrons. The zero-order valence-corrected chi connectivity index (χ0v) is 14.6. The van der Waals surface area contributed by atoms with Crippen LogP contribution in [-0.2, 0) is 13.1 Å². The standard InChI is InChI=1S/C20H25N3O2/c1-16-8-4-6-12-22(16)15-18-10-3-2-9-17(18)14-21-20(24)19-11-5-7-13-23(19)25/h2-3,5,7,9-11,13,16H,4,6,8,12,14-15H2,1H3,(H,21,24)/t16-/m0/s1. The molecule has 1 amide bonds. The first-order valence-corrected chi connectivity index (χ1v) is 8.92. The summed E-state index contributed by atoms with van der Waals surface area (Å²) in [6, 6.07) is 13.6. The van der Waals surface area contributed by atoms with E-state index in [0.29, 0.717) is 17.3 Å². The molecule has 2 heterocycles. The molecule has 2 aromatic rings. The molecule has 5 heteroatoms. The summed E-state index contributed by atoms with van der Waals surface area (Å²) in [4.78, 5) is 14.8. The fourth-order valence-corrected chi connectivity index (χ4v) is 3.37. The van der Waals surface area contributed by atoms with Crippen LogP contribution in [0.1, 0.15) is 47.8 Å². The van der Waals surface area contributed by atoms with E-state index in [1.165, 1.54) is 37.1 Å². The summed E-state index contributed by atoms with van der Waals surface area (Å²) in [5.74, 6) is -0.350. The molecule has 0 unspecified atom stereocenters. The SMILES string of the molecule is C[C@H]1CCCCN1Cc1ccccc1CNC(=O)c1cccc[n+]1[O-]. The van der Waals surface area contributed by atoms with Crippen molar-refractivity contribution in [2.24, 2.45) is 0 Å². The number of piperidine rings is 1. The molecule has 25 heavy (non-hydrogen) atoms. The molecule has 1 saturated heterocycles. The van der Waals surface area contributed by atoms with Gasteiger partial charge >= 0.3 is 5.91 Å². The molecular weight excluding hydrogens is 314 g/mol. The Labute approximate surface area is 148 Å². The minimum absolute atomic E-state index is 0.115. The van der Waals surface area contributed by atoms with Crippen LogP contribution in [0.5, 0.6) is 0 Å². The Morgan fingerprint density at radius 3 is 2.72 bits per heavy atom. The molecule has 0 aliphatic carbocycles. The van der Waals surface area contributed by atoms with E-state index in [1.807, 2.05) is 18.2 Å². The minimum atomic E-state index is -0.350. The van der Waals surface area contributed by atoms with Crippen molar-refractivity contribution in [2.45, 2.75) is 45.3 Å². The van der Waals surface area contributed by atoms with E-state index in [1.54, 1.807) is 12.1 Å². The highest BCUT2D eigenvalue weighted by Gasteiger charge is 2.20. The summed E-state index contributed by atoms with van der Waals surface area (Å²) in [6.07, 6.45) is 5.14. The van der Waals surface area contributed by atoms with Gasteiger partial charge in [0.1, 0.15) is 0 Å². The second kappa shape index (κ2) is 8.12. The molecule has 1 fully saturated rings. The predicted octanol–water partition coefficient (Wildman–Crippen LogP) is 2.62.